The van der Waals surface area contributed by atoms with Crippen molar-refractivity contribution in [3.63, 3.8) is 0 Å². The first-order valence-corrected chi connectivity index (χ1v) is 7.18. The van der Waals surface area contributed by atoms with Crippen LogP contribution in [0.2, 0.25) is 0 Å². The molecule has 94 valence electrons. The maximum atomic E-state index is 5.65. The van der Waals surface area contributed by atoms with E-state index in [1.807, 2.05) is 11.8 Å². The molecule has 2 fully saturated rings. The lowest BCUT2D eigenvalue weighted by molar-refractivity contribution is 0.0677. The van der Waals surface area contributed by atoms with Crippen LogP contribution in [-0.4, -0.2) is 41.3 Å². The fourth-order valence-electron chi connectivity index (χ4n) is 2.25. The van der Waals surface area contributed by atoms with Gasteiger partial charge >= 0.3 is 0 Å². The van der Waals surface area contributed by atoms with Crippen LogP contribution in [0.1, 0.15) is 31.2 Å². The molecule has 2 unspecified atom stereocenters. The molecule has 17 heavy (non-hydrogen) atoms. The summed E-state index contributed by atoms with van der Waals surface area (Å²) in [5, 5.41) is 7.41. The molecule has 3 heterocycles. The molecule has 0 amide bonds. The van der Waals surface area contributed by atoms with Crippen molar-refractivity contribution in [2.75, 3.05) is 31.2 Å². The van der Waals surface area contributed by atoms with Crippen LogP contribution in [0.15, 0.2) is 4.52 Å². The second kappa shape index (κ2) is 4.59. The van der Waals surface area contributed by atoms with Gasteiger partial charge in [0.1, 0.15) is 6.10 Å². The Bertz CT molecular complexity index is 384. The first-order chi connectivity index (χ1) is 8.28. The van der Waals surface area contributed by atoms with Crippen LogP contribution in [0.3, 0.4) is 0 Å². The van der Waals surface area contributed by atoms with E-state index in [-0.39, 0.29) is 11.5 Å². The van der Waals surface area contributed by atoms with E-state index in [1.165, 1.54) is 0 Å². The summed E-state index contributed by atoms with van der Waals surface area (Å²) in [4.78, 5) is 4.53. The number of hydrogen-bond donors (Lipinski definition) is 1. The fraction of sp³-hybridized carbons (Fsp3) is 0.818. The normalized spacial score (nSPS) is 34.1. The number of hydrogen-bond acceptors (Lipinski definition) is 6. The lowest BCUT2D eigenvalue weighted by atomic mass is 9.90. The molecule has 2 atom stereocenters. The van der Waals surface area contributed by atoms with Crippen LogP contribution >= 0.6 is 11.8 Å². The molecular weight excluding hydrogens is 238 g/mol. The minimum atomic E-state index is -0.00689. The zero-order valence-electron chi connectivity index (χ0n) is 9.94. The lowest BCUT2D eigenvalue weighted by Gasteiger charge is -2.19. The van der Waals surface area contributed by atoms with E-state index < -0.39 is 0 Å². The van der Waals surface area contributed by atoms with Crippen molar-refractivity contribution >= 4 is 11.8 Å². The van der Waals surface area contributed by atoms with Gasteiger partial charge in [-0.15, -0.1) is 0 Å². The summed E-state index contributed by atoms with van der Waals surface area (Å²) in [5.41, 5.74) is -0.00689. The zero-order valence-corrected chi connectivity index (χ0v) is 10.8. The molecule has 3 rings (SSSR count). The first-order valence-electron chi connectivity index (χ1n) is 6.02. The van der Waals surface area contributed by atoms with Gasteiger partial charge in [-0.25, -0.2) is 0 Å². The molecule has 2 aliphatic rings. The Morgan fingerprint density at radius 1 is 1.53 bits per heavy atom. The second-order valence-electron chi connectivity index (χ2n) is 4.88. The van der Waals surface area contributed by atoms with Crippen LogP contribution in [0.25, 0.3) is 0 Å². The molecule has 2 aliphatic heterocycles. The highest BCUT2D eigenvalue weighted by Gasteiger charge is 2.37. The Morgan fingerprint density at radius 3 is 3.18 bits per heavy atom. The van der Waals surface area contributed by atoms with Gasteiger partial charge in [0.15, 0.2) is 0 Å². The summed E-state index contributed by atoms with van der Waals surface area (Å²) in [6.07, 6.45) is 1.05. The molecule has 0 bridgehead atoms. The van der Waals surface area contributed by atoms with Gasteiger partial charge in [0.05, 0.1) is 12.0 Å². The molecule has 0 aromatic carbocycles. The van der Waals surface area contributed by atoms with E-state index in [0.29, 0.717) is 5.82 Å². The number of aromatic nitrogens is 2. The zero-order chi connectivity index (χ0) is 11.7. The summed E-state index contributed by atoms with van der Waals surface area (Å²) in [7, 11) is 0. The molecular formula is C11H17N3O2S. The second-order valence-corrected chi connectivity index (χ2v) is 6.03. The monoisotopic (exact) mass is 255 g/mol. The van der Waals surface area contributed by atoms with Gasteiger partial charge in [0, 0.05) is 18.1 Å². The number of nitrogens with zero attached hydrogens (tertiary/aromatic N) is 2. The van der Waals surface area contributed by atoms with Gasteiger partial charge in [-0.3, -0.25) is 0 Å². The van der Waals surface area contributed by atoms with Crippen LogP contribution in [-0.2, 0) is 10.2 Å². The number of ether oxygens (including phenoxy) is 1. The fourth-order valence-corrected chi connectivity index (χ4v) is 3.09. The van der Waals surface area contributed by atoms with Crippen LogP contribution < -0.4 is 5.32 Å². The quantitative estimate of drug-likeness (QED) is 0.854. The molecule has 1 N–H and O–H groups in total. The van der Waals surface area contributed by atoms with Gasteiger partial charge < -0.3 is 14.6 Å². The van der Waals surface area contributed by atoms with Crippen molar-refractivity contribution in [1.29, 1.82) is 0 Å². The summed E-state index contributed by atoms with van der Waals surface area (Å²) in [6.45, 7) is 4.87. The predicted molar refractivity (Wildman–Crippen MR) is 65.2 cm³/mol. The third-order valence-corrected chi connectivity index (χ3v) is 4.42. The SMILES string of the molecule is CC1(c2nc(C3CSCCO3)no2)CCNC1. The van der Waals surface area contributed by atoms with Crippen LogP contribution in [0.4, 0.5) is 0 Å². The minimum absolute atomic E-state index is 0.00390. The molecule has 2 saturated heterocycles. The van der Waals surface area contributed by atoms with Crippen LogP contribution in [0, 0.1) is 0 Å². The average molecular weight is 255 g/mol. The first kappa shape index (κ1) is 11.5. The lowest BCUT2D eigenvalue weighted by Crippen LogP contribution is -2.25. The van der Waals surface area contributed by atoms with E-state index in [2.05, 4.69) is 22.4 Å². The number of thioether (sulfide) groups is 1. The summed E-state index contributed by atoms with van der Waals surface area (Å²) in [5.74, 6) is 3.44. The molecule has 0 saturated carbocycles. The maximum Gasteiger partial charge on any atom is 0.234 e. The largest absolute Gasteiger partial charge is 0.368 e. The van der Waals surface area contributed by atoms with Crippen molar-refractivity contribution < 1.29 is 9.26 Å². The Kier molecular flexibility index (Phi) is 3.10. The summed E-state index contributed by atoms with van der Waals surface area (Å²) in [6, 6.07) is 0. The molecule has 0 aliphatic carbocycles. The third-order valence-electron chi connectivity index (χ3n) is 3.43. The van der Waals surface area contributed by atoms with Crippen molar-refractivity contribution in [2.45, 2.75) is 24.9 Å². The highest BCUT2D eigenvalue weighted by Crippen LogP contribution is 2.31. The molecule has 6 heteroatoms. The van der Waals surface area contributed by atoms with E-state index >= 15 is 0 Å². The van der Waals surface area contributed by atoms with Gasteiger partial charge in [-0.2, -0.15) is 16.7 Å². The maximum absolute atomic E-state index is 5.65. The van der Waals surface area contributed by atoms with Crippen molar-refractivity contribution in [1.82, 2.24) is 15.5 Å². The van der Waals surface area contributed by atoms with E-state index in [4.69, 9.17) is 9.26 Å². The Hall–Kier alpha value is -0.590. The van der Waals surface area contributed by atoms with Gasteiger partial charge in [-0.1, -0.05) is 5.16 Å². The molecule has 1 aromatic rings. The van der Waals surface area contributed by atoms with E-state index in [9.17, 15) is 0 Å². The highest BCUT2D eigenvalue weighted by molar-refractivity contribution is 7.99. The minimum Gasteiger partial charge on any atom is -0.368 e. The highest BCUT2D eigenvalue weighted by atomic mass is 32.2. The van der Waals surface area contributed by atoms with E-state index in [0.717, 1.165) is 43.5 Å². The summed E-state index contributed by atoms with van der Waals surface area (Å²) >= 11 is 1.88. The van der Waals surface area contributed by atoms with Gasteiger partial charge in [-0.05, 0) is 19.9 Å². The van der Waals surface area contributed by atoms with Gasteiger partial charge in [0.2, 0.25) is 11.7 Å². The standard InChI is InChI=1S/C11H17N3O2S/c1-11(2-3-12-7-11)10-13-9(14-16-10)8-6-17-5-4-15-8/h8,12H,2-7H2,1H3. The molecule has 5 nitrogen and oxygen atoms in total. The summed E-state index contributed by atoms with van der Waals surface area (Å²) < 4.78 is 11.1. The Balaban J connectivity index is 1.77. The van der Waals surface area contributed by atoms with Crippen molar-refractivity contribution in [2.24, 2.45) is 0 Å². The van der Waals surface area contributed by atoms with Gasteiger partial charge in [0.25, 0.3) is 0 Å². The molecule has 1 aromatic heterocycles. The third kappa shape index (κ3) is 2.21. The average Bonchev–Trinajstić information content (AvgIpc) is 2.99. The molecule has 0 radical (unpaired) electrons. The topological polar surface area (TPSA) is 60.2 Å². The molecule has 0 spiro atoms. The smallest absolute Gasteiger partial charge is 0.234 e. The van der Waals surface area contributed by atoms with Crippen molar-refractivity contribution in [3.8, 4) is 0 Å². The number of rotatable bonds is 2. The number of nitrogens with one attached hydrogen (secondary N) is 1. The predicted octanol–water partition coefficient (Wildman–Crippen LogP) is 1.13. The Morgan fingerprint density at radius 2 is 2.47 bits per heavy atom. The Labute approximate surface area is 105 Å². The van der Waals surface area contributed by atoms with Crippen molar-refractivity contribution in [3.05, 3.63) is 11.7 Å². The van der Waals surface area contributed by atoms with Crippen LogP contribution in [0.5, 0.6) is 0 Å². The van der Waals surface area contributed by atoms with E-state index in [1.54, 1.807) is 0 Å².